The summed E-state index contributed by atoms with van der Waals surface area (Å²) in [6.45, 7) is 3.77. The zero-order valence-electron chi connectivity index (χ0n) is 10.6. The molecule has 0 aliphatic heterocycles. The van der Waals surface area contributed by atoms with Gasteiger partial charge in [-0.15, -0.1) is 0 Å². The van der Waals surface area contributed by atoms with E-state index in [0.717, 1.165) is 0 Å². The number of hydrogen-bond donors (Lipinski definition) is 0. The molecule has 0 aromatic heterocycles. The number of fused-ring (bicyclic) bond motifs is 1. The van der Waals surface area contributed by atoms with Crippen LogP contribution in [0.15, 0.2) is 18.2 Å². The molecule has 0 spiro atoms. The van der Waals surface area contributed by atoms with Gasteiger partial charge in [0.05, 0.1) is 18.6 Å². The SMILES string of the molecule is CCOc1cc2ccc(OCC)c(F)c2c(F)c1F. The Hall–Kier alpha value is -1.91. The van der Waals surface area contributed by atoms with E-state index in [1.807, 2.05) is 0 Å². The van der Waals surface area contributed by atoms with Gasteiger partial charge in [0.1, 0.15) is 0 Å². The molecule has 2 nitrogen and oxygen atoms in total. The Balaban J connectivity index is 2.70. The van der Waals surface area contributed by atoms with Crippen molar-refractivity contribution >= 4 is 10.8 Å². The summed E-state index contributed by atoms with van der Waals surface area (Å²) in [7, 11) is 0. The van der Waals surface area contributed by atoms with E-state index in [1.54, 1.807) is 13.8 Å². The Morgan fingerprint density at radius 2 is 1.47 bits per heavy atom. The Bertz CT molecular complexity index is 611. The van der Waals surface area contributed by atoms with E-state index in [1.165, 1.54) is 18.2 Å². The molecular formula is C14H13F3O2. The molecule has 5 heteroatoms. The van der Waals surface area contributed by atoms with Gasteiger partial charge in [-0.05, 0) is 31.4 Å². The third-order valence-electron chi connectivity index (χ3n) is 2.65. The van der Waals surface area contributed by atoms with Crippen molar-refractivity contribution < 1.29 is 22.6 Å². The van der Waals surface area contributed by atoms with Gasteiger partial charge in [-0.25, -0.2) is 8.78 Å². The van der Waals surface area contributed by atoms with Crippen molar-refractivity contribution in [3.8, 4) is 11.5 Å². The van der Waals surface area contributed by atoms with Gasteiger partial charge >= 0.3 is 0 Å². The van der Waals surface area contributed by atoms with Crippen LogP contribution in [0.4, 0.5) is 13.2 Å². The molecule has 2 aromatic rings. The van der Waals surface area contributed by atoms with Gasteiger partial charge in [-0.1, -0.05) is 6.07 Å². The maximum Gasteiger partial charge on any atom is 0.201 e. The normalized spacial score (nSPS) is 10.8. The second-order valence-corrected chi connectivity index (χ2v) is 3.84. The Kier molecular flexibility index (Phi) is 3.83. The van der Waals surface area contributed by atoms with Crippen molar-refractivity contribution in [3.63, 3.8) is 0 Å². The highest BCUT2D eigenvalue weighted by Crippen LogP contribution is 2.34. The third kappa shape index (κ3) is 2.32. The largest absolute Gasteiger partial charge is 0.491 e. The van der Waals surface area contributed by atoms with Crippen LogP contribution in [0.3, 0.4) is 0 Å². The number of rotatable bonds is 4. The molecule has 2 rings (SSSR count). The van der Waals surface area contributed by atoms with E-state index in [4.69, 9.17) is 9.47 Å². The summed E-state index contributed by atoms with van der Waals surface area (Å²) >= 11 is 0. The Labute approximate surface area is 108 Å². The lowest BCUT2D eigenvalue weighted by molar-refractivity contribution is 0.314. The van der Waals surface area contributed by atoms with Crippen LogP contribution in [0.5, 0.6) is 11.5 Å². The predicted octanol–water partition coefficient (Wildman–Crippen LogP) is 4.05. The monoisotopic (exact) mass is 270 g/mol. The van der Waals surface area contributed by atoms with E-state index >= 15 is 0 Å². The van der Waals surface area contributed by atoms with Crippen molar-refractivity contribution in [2.24, 2.45) is 0 Å². The molecule has 102 valence electrons. The minimum absolute atomic E-state index is 0.0996. The first-order valence-corrected chi connectivity index (χ1v) is 5.95. The lowest BCUT2D eigenvalue weighted by atomic mass is 10.1. The summed E-state index contributed by atoms with van der Waals surface area (Å²) in [6.07, 6.45) is 0. The zero-order valence-corrected chi connectivity index (χ0v) is 10.6. The first-order chi connectivity index (χ1) is 9.10. The number of hydrogen-bond acceptors (Lipinski definition) is 2. The third-order valence-corrected chi connectivity index (χ3v) is 2.65. The topological polar surface area (TPSA) is 18.5 Å². The molecule has 0 aliphatic carbocycles. The highest BCUT2D eigenvalue weighted by molar-refractivity contribution is 5.86. The summed E-state index contributed by atoms with van der Waals surface area (Å²) < 4.78 is 51.7. The first kappa shape index (κ1) is 13.5. The van der Waals surface area contributed by atoms with E-state index in [0.29, 0.717) is 0 Å². The van der Waals surface area contributed by atoms with Gasteiger partial charge in [0, 0.05) is 0 Å². The van der Waals surface area contributed by atoms with E-state index in [9.17, 15) is 13.2 Å². The maximum atomic E-state index is 14.0. The molecule has 0 atom stereocenters. The fourth-order valence-electron chi connectivity index (χ4n) is 1.87. The lowest BCUT2D eigenvalue weighted by Gasteiger charge is -2.11. The van der Waals surface area contributed by atoms with Crippen molar-refractivity contribution in [1.82, 2.24) is 0 Å². The van der Waals surface area contributed by atoms with Crippen LogP contribution in [0.2, 0.25) is 0 Å². The van der Waals surface area contributed by atoms with Gasteiger partial charge in [-0.2, -0.15) is 4.39 Å². The smallest absolute Gasteiger partial charge is 0.201 e. The summed E-state index contributed by atoms with van der Waals surface area (Å²) in [5.41, 5.74) is 0. The van der Waals surface area contributed by atoms with E-state index in [-0.39, 0.29) is 30.1 Å². The average molecular weight is 270 g/mol. The molecule has 0 N–H and O–H groups in total. The lowest BCUT2D eigenvalue weighted by Crippen LogP contribution is -2.01. The summed E-state index contributed by atoms with van der Waals surface area (Å²) in [6, 6.07) is 4.12. The summed E-state index contributed by atoms with van der Waals surface area (Å²) in [4.78, 5) is 0. The second-order valence-electron chi connectivity index (χ2n) is 3.84. The van der Waals surface area contributed by atoms with Crippen LogP contribution in [0, 0.1) is 17.5 Å². The molecule has 0 aliphatic rings. The molecule has 0 unspecified atom stereocenters. The van der Waals surface area contributed by atoms with Crippen molar-refractivity contribution in [2.75, 3.05) is 13.2 Å². The molecule has 0 heterocycles. The number of halogens is 3. The Morgan fingerprint density at radius 3 is 2.11 bits per heavy atom. The molecule has 19 heavy (non-hydrogen) atoms. The van der Waals surface area contributed by atoms with Gasteiger partial charge in [0.15, 0.2) is 23.1 Å². The number of ether oxygens (including phenoxy) is 2. The fourth-order valence-corrected chi connectivity index (χ4v) is 1.87. The van der Waals surface area contributed by atoms with Crippen LogP contribution in [-0.4, -0.2) is 13.2 Å². The molecule has 0 bridgehead atoms. The van der Waals surface area contributed by atoms with Gasteiger partial charge < -0.3 is 9.47 Å². The van der Waals surface area contributed by atoms with Gasteiger partial charge in [0.2, 0.25) is 5.82 Å². The molecule has 0 saturated carbocycles. The van der Waals surface area contributed by atoms with E-state index < -0.39 is 22.8 Å². The quantitative estimate of drug-likeness (QED) is 0.834. The predicted molar refractivity (Wildman–Crippen MR) is 66.2 cm³/mol. The van der Waals surface area contributed by atoms with Crippen LogP contribution in [-0.2, 0) is 0 Å². The van der Waals surface area contributed by atoms with Crippen molar-refractivity contribution in [3.05, 3.63) is 35.7 Å². The molecule has 0 radical (unpaired) electrons. The fraction of sp³-hybridized carbons (Fsp3) is 0.286. The highest BCUT2D eigenvalue weighted by atomic mass is 19.2. The maximum absolute atomic E-state index is 14.0. The van der Waals surface area contributed by atoms with E-state index in [2.05, 4.69) is 0 Å². The highest BCUT2D eigenvalue weighted by Gasteiger charge is 2.19. The number of benzene rings is 2. The van der Waals surface area contributed by atoms with Crippen LogP contribution >= 0.6 is 0 Å². The molecule has 0 amide bonds. The first-order valence-electron chi connectivity index (χ1n) is 5.95. The minimum atomic E-state index is -1.26. The van der Waals surface area contributed by atoms with Gasteiger partial charge in [0.25, 0.3) is 0 Å². The molecule has 0 fully saturated rings. The van der Waals surface area contributed by atoms with Crippen LogP contribution in [0.1, 0.15) is 13.8 Å². The second kappa shape index (κ2) is 5.38. The summed E-state index contributed by atoms with van der Waals surface area (Å²) in [5, 5.41) is -0.199. The molecule has 2 aromatic carbocycles. The van der Waals surface area contributed by atoms with Crippen LogP contribution < -0.4 is 9.47 Å². The van der Waals surface area contributed by atoms with Crippen molar-refractivity contribution in [2.45, 2.75) is 13.8 Å². The standard InChI is InChI=1S/C14H13F3O2/c1-3-18-9-6-5-8-7-10(19-4-2)13(16)14(17)11(8)12(9)15/h5-7H,3-4H2,1-2H3. The summed E-state index contributed by atoms with van der Waals surface area (Å²) in [5.74, 6) is -3.69. The van der Waals surface area contributed by atoms with Crippen LogP contribution in [0.25, 0.3) is 10.8 Å². The van der Waals surface area contributed by atoms with Crippen molar-refractivity contribution in [1.29, 1.82) is 0 Å². The minimum Gasteiger partial charge on any atom is -0.491 e. The molecular weight excluding hydrogens is 257 g/mol. The average Bonchev–Trinajstić information content (AvgIpc) is 2.39. The zero-order chi connectivity index (χ0) is 14.0. The van der Waals surface area contributed by atoms with Gasteiger partial charge in [-0.3, -0.25) is 0 Å². The molecule has 0 saturated heterocycles. The Morgan fingerprint density at radius 1 is 0.842 bits per heavy atom.